The average molecular weight is 274 g/mol. The lowest BCUT2D eigenvalue weighted by atomic mass is 10.1. The Hall–Kier alpha value is -1.58. The van der Waals surface area contributed by atoms with E-state index in [1.54, 1.807) is 6.33 Å². The van der Waals surface area contributed by atoms with Crippen LogP contribution in [0.1, 0.15) is 51.9 Å². The van der Waals surface area contributed by atoms with Crippen molar-refractivity contribution >= 4 is 16.9 Å². The molecule has 0 aliphatic rings. The molecular weight excluding hydrogens is 248 g/mol. The van der Waals surface area contributed by atoms with Crippen molar-refractivity contribution in [3.05, 3.63) is 18.6 Å². The Balaban J connectivity index is 1.75. The molecule has 20 heavy (non-hydrogen) atoms. The summed E-state index contributed by atoms with van der Waals surface area (Å²) in [5, 5.41) is 1.11. The van der Waals surface area contributed by atoms with Crippen molar-refractivity contribution in [3.8, 4) is 0 Å². The predicted molar refractivity (Wildman–Crippen MR) is 85.2 cm³/mol. The molecular formula is C16H26N4. The fourth-order valence-electron chi connectivity index (χ4n) is 2.57. The van der Waals surface area contributed by atoms with Gasteiger partial charge in [-0.2, -0.15) is 0 Å². The van der Waals surface area contributed by atoms with Crippen LogP contribution in [-0.2, 0) is 0 Å². The molecule has 1 N–H and O–H groups in total. The highest BCUT2D eigenvalue weighted by atomic mass is 15.2. The maximum atomic E-state index is 4.41. The van der Waals surface area contributed by atoms with Crippen molar-refractivity contribution in [2.45, 2.75) is 51.9 Å². The number of hydrogen-bond donors (Lipinski definition) is 1. The van der Waals surface area contributed by atoms with Gasteiger partial charge in [0, 0.05) is 19.8 Å². The van der Waals surface area contributed by atoms with Gasteiger partial charge in [-0.05, 0) is 12.5 Å². The second-order valence-electron chi connectivity index (χ2n) is 5.48. The first-order valence-electron chi connectivity index (χ1n) is 7.82. The summed E-state index contributed by atoms with van der Waals surface area (Å²) in [6.07, 6.45) is 12.9. The molecule has 0 bridgehead atoms. The molecule has 2 aromatic heterocycles. The first-order chi connectivity index (χ1) is 9.83. The van der Waals surface area contributed by atoms with Crippen LogP contribution in [0.25, 0.3) is 11.0 Å². The van der Waals surface area contributed by atoms with Gasteiger partial charge in [0.05, 0.1) is 5.39 Å². The number of aromatic amines is 1. The van der Waals surface area contributed by atoms with Gasteiger partial charge in [-0.1, -0.05) is 45.4 Å². The molecule has 0 aromatic carbocycles. The van der Waals surface area contributed by atoms with Crippen LogP contribution in [0.15, 0.2) is 18.6 Å². The largest absolute Gasteiger partial charge is 0.359 e. The highest BCUT2D eigenvalue weighted by molar-refractivity contribution is 5.87. The molecule has 0 saturated carbocycles. The first kappa shape index (κ1) is 14.8. The van der Waals surface area contributed by atoms with E-state index in [0.717, 1.165) is 23.4 Å². The zero-order valence-electron chi connectivity index (χ0n) is 12.7. The third-order valence-electron chi connectivity index (χ3n) is 3.79. The molecule has 110 valence electrons. The summed E-state index contributed by atoms with van der Waals surface area (Å²) < 4.78 is 0. The van der Waals surface area contributed by atoms with Gasteiger partial charge in [0.25, 0.3) is 0 Å². The molecule has 0 unspecified atom stereocenters. The van der Waals surface area contributed by atoms with Crippen molar-refractivity contribution < 1.29 is 0 Å². The quantitative estimate of drug-likeness (QED) is 0.699. The van der Waals surface area contributed by atoms with E-state index >= 15 is 0 Å². The fourth-order valence-corrected chi connectivity index (χ4v) is 2.57. The third-order valence-corrected chi connectivity index (χ3v) is 3.79. The lowest BCUT2D eigenvalue weighted by Crippen LogP contribution is -2.20. The van der Waals surface area contributed by atoms with Crippen LogP contribution >= 0.6 is 0 Å². The summed E-state index contributed by atoms with van der Waals surface area (Å²) in [6.45, 7) is 3.32. The van der Waals surface area contributed by atoms with E-state index in [1.165, 1.54) is 44.9 Å². The van der Waals surface area contributed by atoms with E-state index in [4.69, 9.17) is 0 Å². The second-order valence-corrected chi connectivity index (χ2v) is 5.48. The number of anilines is 1. The zero-order chi connectivity index (χ0) is 14.2. The van der Waals surface area contributed by atoms with Gasteiger partial charge >= 0.3 is 0 Å². The summed E-state index contributed by atoms with van der Waals surface area (Å²) in [7, 11) is 2.12. The number of H-pyrrole nitrogens is 1. The van der Waals surface area contributed by atoms with Crippen LogP contribution in [0.3, 0.4) is 0 Å². The van der Waals surface area contributed by atoms with Crippen molar-refractivity contribution in [2.24, 2.45) is 0 Å². The van der Waals surface area contributed by atoms with E-state index in [1.807, 2.05) is 12.3 Å². The maximum absolute atomic E-state index is 4.41. The van der Waals surface area contributed by atoms with Gasteiger partial charge in [0.15, 0.2) is 0 Å². The Labute approximate surface area is 121 Å². The Morgan fingerprint density at radius 1 is 1.05 bits per heavy atom. The molecule has 0 aliphatic carbocycles. The standard InChI is InChI=1S/C16H26N4/c1-3-4-5-6-7-8-9-12-20(2)16-14-10-11-17-15(14)18-13-19-16/h10-11,13H,3-9,12H2,1-2H3,(H,17,18,19). The number of fused-ring (bicyclic) bond motifs is 1. The van der Waals surface area contributed by atoms with Crippen LogP contribution in [0, 0.1) is 0 Å². The zero-order valence-corrected chi connectivity index (χ0v) is 12.7. The van der Waals surface area contributed by atoms with Gasteiger partial charge < -0.3 is 9.88 Å². The van der Waals surface area contributed by atoms with Crippen LogP contribution < -0.4 is 4.90 Å². The molecule has 0 saturated heterocycles. The summed E-state index contributed by atoms with van der Waals surface area (Å²) >= 11 is 0. The minimum atomic E-state index is 0.918. The normalized spacial score (nSPS) is 11.1. The van der Waals surface area contributed by atoms with Crippen molar-refractivity contribution in [1.82, 2.24) is 15.0 Å². The summed E-state index contributed by atoms with van der Waals surface area (Å²) in [5.74, 6) is 1.03. The molecule has 2 heterocycles. The van der Waals surface area contributed by atoms with Gasteiger partial charge in [-0.3, -0.25) is 0 Å². The molecule has 0 radical (unpaired) electrons. The van der Waals surface area contributed by atoms with Crippen molar-refractivity contribution in [3.63, 3.8) is 0 Å². The van der Waals surface area contributed by atoms with E-state index in [2.05, 4.69) is 33.8 Å². The predicted octanol–water partition coefficient (Wildman–Crippen LogP) is 4.14. The average Bonchev–Trinajstić information content (AvgIpc) is 2.94. The third kappa shape index (κ3) is 3.95. The van der Waals surface area contributed by atoms with E-state index in [-0.39, 0.29) is 0 Å². The molecule has 0 atom stereocenters. The summed E-state index contributed by atoms with van der Waals surface area (Å²) in [4.78, 5) is 14.0. The second kappa shape index (κ2) is 7.88. The van der Waals surface area contributed by atoms with Crippen LogP contribution in [0.2, 0.25) is 0 Å². The summed E-state index contributed by atoms with van der Waals surface area (Å²) in [5.41, 5.74) is 0.918. The highest BCUT2D eigenvalue weighted by Crippen LogP contribution is 2.21. The number of rotatable bonds is 9. The van der Waals surface area contributed by atoms with Gasteiger partial charge in [0.1, 0.15) is 17.8 Å². The van der Waals surface area contributed by atoms with Gasteiger partial charge in [-0.25, -0.2) is 9.97 Å². The fraction of sp³-hybridized carbons (Fsp3) is 0.625. The Morgan fingerprint density at radius 2 is 1.80 bits per heavy atom. The topological polar surface area (TPSA) is 44.8 Å². The van der Waals surface area contributed by atoms with E-state index in [9.17, 15) is 0 Å². The molecule has 0 fully saturated rings. The van der Waals surface area contributed by atoms with E-state index in [0.29, 0.717) is 0 Å². The van der Waals surface area contributed by atoms with Crippen LogP contribution in [0.5, 0.6) is 0 Å². The highest BCUT2D eigenvalue weighted by Gasteiger charge is 2.08. The molecule has 4 heteroatoms. The molecule has 2 rings (SSSR count). The van der Waals surface area contributed by atoms with Crippen LogP contribution in [-0.4, -0.2) is 28.5 Å². The number of unbranched alkanes of at least 4 members (excludes halogenated alkanes) is 6. The molecule has 0 amide bonds. The number of nitrogens with one attached hydrogen (secondary N) is 1. The minimum Gasteiger partial charge on any atom is -0.359 e. The smallest absolute Gasteiger partial charge is 0.142 e. The molecule has 4 nitrogen and oxygen atoms in total. The Morgan fingerprint density at radius 3 is 2.60 bits per heavy atom. The van der Waals surface area contributed by atoms with Gasteiger partial charge in [-0.15, -0.1) is 0 Å². The molecule has 0 spiro atoms. The number of aromatic nitrogens is 3. The first-order valence-corrected chi connectivity index (χ1v) is 7.82. The molecule has 0 aliphatic heterocycles. The maximum Gasteiger partial charge on any atom is 0.142 e. The van der Waals surface area contributed by atoms with E-state index < -0.39 is 0 Å². The Bertz CT molecular complexity index is 506. The minimum absolute atomic E-state index is 0.918. The summed E-state index contributed by atoms with van der Waals surface area (Å²) in [6, 6.07) is 2.05. The van der Waals surface area contributed by atoms with Crippen molar-refractivity contribution in [2.75, 3.05) is 18.5 Å². The van der Waals surface area contributed by atoms with Crippen LogP contribution in [0.4, 0.5) is 5.82 Å². The molecule has 2 aromatic rings. The van der Waals surface area contributed by atoms with Crippen molar-refractivity contribution in [1.29, 1.82) is 0 Å². The SMILES string of the molecule is CCCCCCCCCN(C)c1ncnc2[nH]ccc12. The Kier molecular flexibility index (Phi) is 5.84. The van der Waals surface area contributed by atoms with Gasteiger partial charge in [0.2, 0.25) is 0 Å². The lowest BCUT2D eigenvalue weighted by Gasteiger charge is -2.18. The lowest BCUT2D eigenvalue weighted by molar-refractivity contribution is 0.588. The monoisotopic (exact) mass is 274 g/mol. The number of hydrogen-bond acceptors (Lipinski definition) is 3. The number of nitrogens with zero attached hydrogens (tertiary/aromatic N) is 3.